The molecule has 0 radical (unpaired) electrons. The Hall–Kier alpha value is -1.58. The minimum absolute atomic E-state index is 0.697. The Morgan fingerprint density at radius 3 is 3.09 bits per heavy atom. The van der Waals surface area contributed by atoms with Crippen LogP contribution < -0.4 is 10.6 Å². The number of aromatic nitrogens is 1. The van der Waals surface area contributed by atoms with Crippen LogP contribution in [0.4, 0.5) is 0 Å². The van der Waals surface area contributed by atoms with Gasteiger partial charge in [0.2, 0.25) is 0 Å². The molecule has 0 spiro atoms. The Morgan fingerprint density at radius 1 is 1.64 bits per heavy atom. The first-order chi connectivity index (χ1) is 5.36. The van der Waals surface area contributed by atoms with Crippen molar-refractivity contribution in [2.75, 3.05) is 7.11 Å². The number of nitrogens with two attached hydrogens (primary N) is 1. The fraction of sp³-hybridized carbons (Fsp3) is 0.143. The van der Waals surface area contributed by atoms with Gasteiger partial charge in [0.15, 0.2) is 0 Å². The van der Waals surface area contributed by atoms with Gasteiger partial charge in [-0.3, -0.25) is 4.98 Å². The SMILES string of the molecule is COc1cncc(C=NN)c1. The molecule has 58 valence electrons. The van der Waals surface area contributed by atoms with Crippen LogP contribution >= 0.6 is 0 Å². The average Bonchev–Trinajstić information content (AvgIpc) is 2.06. The van der Waals surface area contributed by atoms with E-state index in [1.54, 1.807) is 25.6 Å². The Bertz CT molecular complexity index is 260. The van der Waals surface area contributed by atoms with E-state index in [2.05, 4.69) is 10.1 Å². The summed E-state index contributed by atoms with van der Waals surface area (Å²) in [5.74, 6) is 5.65. The number of nitrogens with zero attached hydrogens (tertiary/aromatic N) is 2. The van der Waals surface area contributed by atoms with Gasteiger partial charge in [0, 0.05) is 11.8 Å². The predicted molar refractivity (Wildman–Crippen MR) is 42.6 cm³/mol. The average molecular weight is 151 g/mol. The zero-order valence-electron chi connectivity index (χ0n) is 6.19. The largest absolute Gasteiger partial charge is 0.495 e. The van der Waals surface area contributed by atoms with E-state index in [1.165, 1.54) is 6.21 Å². The minimum Gasteiger partial charge on any atom is -0.495 e. The summed E-state index contributed by atoms with van der Waals surface area (Å²) in [6.07, 6.45) is 4.78. The first-order valence-electron chi connectivity index (χ1n) is 3.09. The van der Waals surface area contributed by atoms with Crippen molar-refractivity contribution in [2.24, 2.45) is 10.9 Å². The number of hydrogen-bond acceptors (Lipinski definition) is 4. The molecular formula is C7H9N3O. The zero-order valence-corrected chi connectivity index (χ0v) is 6.19. The number of pyridine rings is 1. The van der Waals surface area contributed by atoms with Gasteiger partial charge in [0.25, 0.3) is 0 Å². The molecule has 0 saturated heterocycles. The van der Waals surface area contributed by atoms with Gasteiger partial charge in [-0.25, -0.2) is 0 Å². The second-order valence-corrected chi connectivity index (χ2v) is 1.94. The van der Waals surface area contributed by atoms with Gasteiger partial charge in [-0.05, 0) is 6.07 Å². The molecule has 0 unspecified atom stereocenters. The van der Waals surface area contributed by atoms with Crippen molar-refractivity contribution >= 4 is 6.21 Å². The maximum Gasteiger partial charge on any atom is 0.137 e. The number of hydrazone groups is 1. The number of ether oxygens (including phenoxy) is 1. The van der Waals surface area contributed by atoms with Crippen molar-refractivity contribution in [3.8, 4) is 5.75 Å². The summed E-state index contributed by atoms with van der Waals surface area (Å²) in [6.45, 7) is 0. The van der Waals surface area contributed by atoms with Gasteiger partial charge in [0.1, 0.15) is 5.75 Å². The van der Waals surface area contributed by atoms with E-state index < -0.39 is 0 Å². The van der Waals surface area contributed by atoms with Crippen LogP contribution in [0.25, 0.3) is 0 Å². The van der Waals surface area contributed by atoms with Crippen molar-refractivity contribution in [3.63, 3.8) is 0 Å². The molecular weight excluding hydrogens is 142 g/mol. The fourth-order valence-corrected chi connectivity index (χ4v) is 0.704. The molecule has 0 aliphatic carbocycles. The summed E-state index contributed by atoms with van der Waals surface area (Å²) in [4.78, 5) is 3.90. The molecule has 1 heterocycles. The topological polar surface area (TPSA) is 60.5 Å². The number of methoxy groups -OCH3 is 1. The van der Waals surface area contributed by atoms with Crippen LogP contribution in [0.3, 0.4) is 0 Å². The molecule has 4 nitrogen and oxygen atoms in total. The summed E-state index contributed by atoms with van der Waals surface area (Å²) < 4.78 is 4.94. The first kappa shape index (κ1) is 7.53. The fourth-order valence-electron chi connectivity index (χ4n) is 0.704. The number of hydrogen-bond donors (Lipinski definition) is 1. The number of rotatable bonds is 2. The van der Waals surface area contributed by atoms with Gasteiger partial charge in [-0.2, -0.15) is 5.10 Å². The Kier molecular flexibility index (Phi) is 2.43. The zero-order chi connectivity index (χ0) is 8.10. The summed E-state index contributed by atoms with van der Waals surface area (Å²) in [7, 11) is 1.58. The molecule has 1 aromatic heterocycles. The molecule has 1 rings (SSSR count). The molecule has 0 aliphatic heterocycles. The Morgan fingerprint density at radius 2 is 2.45 bits per heavy atom. The van der Waals surface area contributed by atoms with Crippen molar-refractivity contribution < 1.29 is 4.74 Å². The third-order valence-corrected chi connectivity index (χ3v) is 1.19. The molecule has 0 atom stereocenters. The van der Waals surface area contributed by atoms with Crippen LogP contribution in [-0.4, -0.2) is 18.3 Å². The minimum atomic E-state index is 0.697. The molecule has 0 aliphatic rings. The molecule has 11 heavy (non-hydrogen) atoms. The lowest BCUT2D eigenvalue weighted by Gasteiger charge is -1.97. The molecule has 0 saturated carbocycles. The van der Waals surface area contributed by atoms with Gasteiger partial charge in [0.05, 0.1) is 19.5 Å². The van der Waals surface area contributed by atoms with E-state index in [0.29, 0.717) is 5.75 Å². The highest BCUT2D eigenvalue weighted by atomic mass is 16.5. The second-order valence-electron chi connectivity index (χ2n) is 1.94. The molecule has 1 aromatic rings. The van der Waals surface area contributed by atoms with Crippen LogP contribution in [0, 0.1) is 0 Å². The quantitative estimate of drug-likeness (QED) is 0.377. The predicted octanol–water partition coefficient (Wildman–Crippen LogP) is 0.383. The summed E-state index contributed by atoms with van der Waals surface area (Å²) >= 11 is 0. The second kappa shape index (κ2) is 3.55. The Labute approximate surface area is 64.7 Å². The molecule has 0 fully saturated rings. The molecule has 0 bridgehead atoms. The van der Waals surface area contributed by atoms with Crippen molar-refractivity contribution in [3.05, 3.63) is 24.0 Å². The van der Waals surface area contributed by atoms with E-state index in [4.69, 9.17) is 10.6 Å². The third-order valence-electron chi connectivity index (χ3n) is 1.19. The van der Waals surface area contributed by atoms with Crippen LogP contribution in [0.15, 0.2) is 23.6 Å². The Balaban J connectivity index is 2.91. The summed E-state index contributed by atoms with van der Waals surface area (Å²) in [6, 6.07) is 1.80. The lowest BCUT2D eigenvalue weighted by molar-refractivity contribution is 0.413. The first-order valence-corrected chi connectivity index (χ1v) is 3.09. The maximum absolute atomic E-state index is 4.95. The smallest absolute Gasteiger partial charge is 0.137 e. The third kappa shape index (κ3) is 1.93. The van der Waals surface area contributed by atoms with Crippen molar-refractivity contribution in [2.45, 2.75) is 0 Å². The molecule has 0 aromatic carbocycles. The van der Waals surface area contributed by atoms with Crippen LogP contribution in [-0.2, 0) is 0 Å². The van der Waals surface area contributed by atoms with E-state index in [-0.39, 0.29) is 0 Å². The summed E-state index contributed by atoms with van der Waals surface area (Å²) in [5, 5.41) is 3.36. The monoisotopic (exact) mass is 151 g/mol. The van der Waals surface area contributed by atoms with Gasteiger partial charge < -0.3 is 10.6 Å². The highest BCUT2D eigenvalue weighted by Gasteiger charge is 1.91. The van der Waals surface area contributed by atoms with E-state index in [0.717, 1.165) is 5.56 Å². The van der Waals surface area contributed by atoms with Crippen LogP contribution in [0.1, 0.15) is 5.56 Å². The highest BCUT2D eigenvalue weighted by Crippen LogP contribution is 2.07. The van der Waals surface area contributed by atoms with Crippen molar-refractivity contribution in [1.82, 2.24) is 4.98 Å². The lowest BCUT2D eigenvalue weighted by atomic mass is 10.3. The van der Waals surface area contributed by atoms with E-state index in [1.807, 2.05) is 0 Å². The molecule has 0 amide bonds. The molecule has 4 heteroatoms. The van der Waals surface area contributed by atoms with Gasteiger partial charge in [-0.15, -0.1) is 0 Å². The highest BCUT2D eigenvalue weighted by molar-refractivity contribution is 5.79. The van der Waals surface area contributed by atoms with E-state index in [9.17, 15) is 0 Å². The summed E-state index contributed by atoms with van der Waals surface area (Å²) in [5.41, 5.74) is 0.826. The van der Waals surface area contributed by atoms with Crippen LogP contribution in [0.2, 0.25) is 0 Å². The normalized spacial score (nSPS) is 10.3. The van der Waals surface area contributed by atoms with Gasteiger partial charge >= 0.3 is 0 Å². The van der Waals surface area contributed by atoms with Crippen LogP contribution in [0.5, 0.6) is 5.75 Å². The van der Waals surface area contributed by atoms with Crippen molar-refractivity contribution in [1.29, 1.82) is 0 Å². The van der Waals surface area contributed by atoms with E-state index >= 15 is 0 Å². The maximum atomic E-state index is 4.95. The molecule has 2 N–H and O–H groups in total. The standard InChI is InChI=1S/C7H9N3O/c1-11-7-2-6(4-10-8)3-9-5-7/h2-5H,8H2,1H3. The lowest BCUT2D eigenvalue weighted by Crippen LogP contribution is -1.90. The van der Waals surface area contributed by atoms with Gasteiger partial charge in [-0.1, -0.05) is 0 Å².